The van der Waals surface area contributed by atoms with E-state index in [0.717, 1.165) is 23.5 Å². The molecular formula is C27H32NO2P. The predicted molar refractivity (Wildman–Crippen MR) is 134 cm³/mol. The Hall–Kier alpha value is -2.64. The summed E-state index contributed by atoms with van der Waals surface area (Å²) < 4.78 is 11.9. The minimum absolute atomic E-state index is 0.0911. The van der Waals surface area contributed by atoms with Crippen LogP contribution in [0.15, 0.2) is 71.7 Å². The molecule has 31 heavy (non-hydrogen) atoms. The van der Waals surface area contributed by atoms with Crippen LogP contribution in [0.4, 0.5) is 0 Å². The summed E-state index contributed by atoms with van der Waals surface area (Å²) in [5.41, 5.74) is 4.78. The molecule has 3 nitrogen and oxygen atoms in total. The zero-order chi connectivity index (χ0) is 22.3. The van der Waals surface area contributed by atoms with Crippen molar-refractivity contribution < 1.29 is 9.47 Å². The molecule has 0 saturated carbocycles. The zero-order valence-corrected chi connectivity index (χ0v) is 20.1. The summed E-state index contributed by atoms with van der Waals surface area (Å²) in [7, 11) is 4.11. The SMILES string of the molecule is CCC(C)(Pc1ccc(C)cc1/C=N/C)c1cc(OC)ccc1OCc1ccccc1. The molecular weight excluding hydrogens is 401 g/mol. The van der Waals surface area contributed by atoms with E-state index >= 15 is 0 Å². The molecule has 0 saturated heterocycles. The molecule has 0 bridgehead atoms. The average molecular weight is 434 g/mol. The Labute approximate surface area is 188 Å². The number of benzene rings is 3. The number of aryl methyl sites for hydroxylation is 1. The van der Waals surface area contributed by atoms with E-state index in [1.165, 1.54) is 22.0 Å². The minimum Gasteiger partial charge on any atom is -0.497 e. The highest BCUT2D eigenvalue weighted by Gasteiger charge is 2.30. The molecule has 2 atom stereocenters. The first-order valence-corrected chi connectivity index (χ1v) is 11.7. The van der Waals surface area contributed by atoms with Crippen LogP contribution in [0.5, 0.6) is 11.5 Å². The van der Waals surface area contributed by atoms with Gasteiger partial charge in [0.25, 0.3) is 0 Å². The monoisotopic (exact) mass is 433 g/mol. The van der Waals surface area contributed by atoms with Gasteiger partial charge in [-0.2, -0.15) is 0 Å². The van der Waals surface area contributed by atoms with Crippen LogP contribution in [0.3, 0.4) is 0 Å². The normalized spacial score (nSPS) is 13.6. The molecule has 0 fully saturated rings. The van der Waals surface area contributed by atoms with Crippen LogP contribution in [0.2, 0.25) is 0 Å². The van der Waals surface area contributed by atoms with Crippen LogP contribution in [0.1, 0.15) is 42.5 Å². The van der Waals surface area contributed by atoms with Crippen molar-refractivity contribution >= 4 is 20.1 Å². The highest BCUT2D eigenvalue weighted by atomic mass is 31.1. The second kappa shape index (κ2) is 10.6. The number of hydrogen-bond acceptors (Lipinski definition) is 3. The third-order valence-corrected chi connectivity index (χ3v) is 7.51. The van der Waals surface area contributed by atoms with Crippen LogP contribution in [0, 0.1) is 6.92 Å². The average Bonchev–Trinajstić information content (AvgIpc) is 2.80. The number of rotatable bonds is 9. The van der Waals surface area contributed by atoms with Gasteiger partial charge >= 0.3 is 0 Å². The highest BCUT2D eigenvalue weighted by Crippen LogP contribution is 2.48. The fraction of sp³-hybridized carbons (Fsp3) is 0.296. The molecule has 0 spiro atoms. The maximum atomic E-state index is 6.33. The number of hydrogen-bond donors (Lipinski definition) is 0. The van der Waals surface area contributed by atoms with Gasteiger partial charge in [-0.1, -0.05) is 70.5 Å². The Morgan fingerprint density at radius 3 is 2.48 bits per heavy atom. The number of nitrogens with zero attached hydrogens (tertiary/aromatic N) is 1. The Bertz CT molecular complexity index is 1030. The number of aliphatic imine (C=N–C) groups is 1. The molecule has 0 amide bonds. The summed E-state index contributed by atoms with van der Waals surface area (Å²) in [6.07, 6.45) is 2.95. The van der Waals surface area contributed by atoms with Crippen molar-refractivity contribution in [2.24, 2.45) is 4.99 Å². The molecule has 3 aromatic rings. The van der Waals surface area contributed by atoms with Gasteiger partial charge in [0.15, 0.2) is 0 Å². The molecule has 0 N–H and O–H groups in total. The Morgan fingerprint density at radius 2 is 1.81 bits per heavy atom. The van der Waals surface area contributed by atoms with Crippen LogP contribution >= 0.6 is 8.58 Å². The molecule has 0 aromatic heterocycles. The highest BCUT2D eigenvalue weighted by molar-refractivity contribution is 7.48. The fourth-order valence-corrected chi connectivity index (χ4v) is 5.16. The van der Waals surface area contributed by atoms with Gasteiger partial charge in [-0.3, -0.25) is 4.99 Å². The van der Waals surface area contributed by atoms with Gasteiger partial charge in [0.05, 0.1) is 7.11 Å². The lowest BCUT2D eigenvalue weighted by Crippen LogP contribution is -2.21. The predicted octanol–water partition coefficient (Wildman–Crippen LogP) is 6.26. The van der Waals surface area contributed by atoms with E-state index in [9.17, 15) is 0 Å². The number of methoxy groups -OCH3 is 1. The van der Waals surface area contributed by atoms with Crippen molar-refractivity contribution in [3.05, 3.63) is 89.0 Å². The van der Waals surface area contributed by atoms with Crippen molar-refractivity contribution in [1.29, 1.82) is 0 Å². The zero-order valence-electron chi connectivity index (χ0n) is 19.1. The lowest BCUT2D eigenvalue weighted by Gasteiger charge is -2.32. The molecule has 0 aliphatic carbocycles. The molecule has 162 valence electrons. The van der Waals surface area contributed by atoms with Crippen LogP contribution in [-0.2, 0) is 11.8 Å². The second-order valence-corrected chi connectivity index (χ2v) is 9.82. The van der Waals surface area contributed by atoms with E-state index in [-0.39, 0.29) is 5.16 Å². The smallest absolute Gasteiger partial charge is 0.124 e. The van der Waals surface area contributed by atoms with E-state index in [1.807, 2.05) is 43.6 Å². The summed E-state index contributed by atoms with van der Waals surface area (Å²) in [6, 6.07) is 23.1. The topological polar surface area (TPSA) is 30.8 Å². The van der Waals surface area contributed by atoms with E-state index in [0.29, 0.717) is 15.2 Å². The minimum atomic E-state index is -0.0911. The molecule has 2 unspecified atom stereocenters. The first-order chi connectivity index (χ1) is 15.0. The molecule has 0 heterocycles. The maximum absolute atomic E-state index is 6.33. The molecule has 3 rings (SSSR count). The summed E-state index contributed by atoms with van der Waals surface area (Å²) in [6.45, 7) is 7.23. The van der Waals surface area contributed by atoms with Crippen molar-refractivity contribution in [3.63, 3.8) is 0 Å². The largest absolute Gasteiger partial charge is 0.497 e. The first-order valence-electron chi connectivity index (χ1n) is 10.7. The third kappa shape index (κ3) is 5.74. The lowest BCUT2D eigenvalue weighted by molar-refractivity contribution is 0.299. The standard InChI is InChI=1S/C27H32NO2P/c1-6-27(3,31-26-15-12-20(2)16-22(26)18-28-4)24-17-23(29-5)13-14-25(24)30-19-21-10-8-7-9-11-21/h7-18,31H,6,19H2,1-5H3/b28-18+. The van der Waals surface area contributed by atoms with Crippen molar-refractivity contribution in [2.45, 2.75) is 39.0 Å². The Balaban J connectivity index is 1.99. The molecule has 0 aliphatic heterocycles. The van der Waals surface area contributed by atoms with Gasteiger partial charge in [0.2, 0.25) is 0 Å². The van der Waals surface area contributed by atoms with Crippen LogP contribution < -0.4 is 14.8 Å². The quantitative estimate of drug-likeness (QED) is 0.295. The van der Waals surface area contributed by atoms with E-state index in [4.69, 9.17) is 9.47 Å². The fourth-order valence-electron chi connectivity index (χ4n) is 3.61. The Kier molecular flexibility index (Phi) is 7.87. The van der Waals surface area contributed by atoms with Gasteiger partial charge in [0.1, 0.15) is 18.1 Å². The second-order valence-electron chi connectivity index (χ2n) is 7.93. The van der Waals surface area contributed by atoms with Crippen molar-refractivity contribution in [3.8, 4) is 11.5 Å². The van der Waals surface area contributed by atoms with Crippen molar-refractivity contribution in [1.82, 2.24) is 0 Å². The summed E-state index contributed by atoms with van der Waals surface area (Å²) >= 11 is 0. The maximum Gasteiger partial charge on any atom is 0.124 e. The van der Waals surface area contributed by atoms with Gasteiger partial charge in [-0.15, -0.1) is 0 Å². The van der Waals surface area contributed by atoms with Crippen LogP contribution in [-0.4, -0.2) is 20.4 Å². The van der Waals surface area contributed by atoms with E-state index in [2.05, 4.69) is 62.2 Å². The Morgan fingerprint density at radius 1 is 1.03 bits per heavy atom. The van der Waals surface area contributed by atoms with Crippen LogP contribution in [0.25, 0.3) is 0 Å². The third-order valence-electron chi connectivity index (χ3n) is 5.61. The first kappa shape index (κ1) is 23.0. The summed E-state index contributed by atoms with van der Waals surface area (Å²) in [5.74, 6) is 1.77. The van der Waals surface area contributed by atoms with Gasteiger partial charge in [-0.05, 0) is 54.0 Å². The van der Waals surface area contributed by atoms with Gasteiger partial charge in [0, 0.05) is 24.0 Å². The number of ether oxygens (including phenoxy) is 2. The molecule has 3 aromatic carbocycles. The van der Waals surface area contributed by atoms with E-state index < -0.39 is 0 Å². The van der Waals surface area contributed by atoms with Gasteiger partial charge in [-0.25, -0.2) is 0 Å². The van der Waals surface area contributed by atoms with Gasteiger partial charge < -0.3 is 9.47 Å². The van der Waals surface area contributed by atoms with Crippen molar-refractivity contribution in [2.75, 3.05) is 14.2 Å². The molecule has 4 heteroatoms. The molecule has 0 radical (unpaired) electrons. The summed E-state index contributed by atoms with van der Waals surface area (Å²) in [5, 5.41) is 1.23. The molecule has 0 aliphatic rings. The lowest BCUT2D eigenvalue weighted by atomic mass is 9.96. The summed E-state index contributed by atoms with van der Waals surface area (Å²) in [4.78, 5) is 4.28. The van der Waals surface area contributed by atoms with E-state index in [1.54, 1.807) is 7.11 Å².